The second kappa shape index (κ2) is 7.67. The molecule has 7 nitrogen and oxygen atoms in total. The van der Waals surface area contributed by atoms with Crippen molar-refractivity contribution in [3.8, 4) is 0 Å². The summed E-state index contributed by atoms with van der Waals surface area (Å²) in [4.78, 5) is 12.5. The molecule has 0 radical (unpaired) electrons. The van der Waals surface area contributed by atoms with Gasteiger partial charge in [-0.1, -0.05) is 13.8 Å². The first-order chi connectivity index (χ1) is 8.15. The third-order valence-electron chi connectivity index (χ3n) is 2.12. The molecule has 0 amide bonds. The highest BCUT2D eigenvalue weighted by atomic mass is 32.2. The van der Waals surface area contributed by atoms with Gasteiger partial charge < -0.3 is 10.0 Å². The summed E-state index contributed by atoms with van der Waals surface area (Å²) in [6.07, 6.45) is 0. The number of carbonyl (C=O) groups is 1. The molecule has 0 aliphatic heterocycles. The summed E-state index contributed by atoms with van der Waals surface area (Å²) in [5, 5.41) is 8.74. The van der Waals surface area contributed by atoms with E-state index in [1.165, 1.54) is 0 Å². The predicted molar refractivity (Wildman–Crippen MR) is 69.5 cm³/mol. The van der Waals surface area contributed by atoms with Gasteiger partial charge in [-0.25, -0.2) is 4.72 Å². The molecule has 0 aliphatic rings. The zero-order chi connectivity index (χ0) is 14.3. The summed E-state index contributed by atoms with van der Waals surface area (Å²) in [6, 6.07) is 0. The molecule has 0 rings (SSSR count). The van der Waals surface area contributed by atoms with E-state index < -0.39 is 22.7 Å². The molecule has 0 aliphatic carbocycles. The molecule has 108 valence electrons. The fourth-order valence-electron chi connectivity index (χ4n) is 1.11. The molecule has 0 aromatic carbocycles. The Kier molecular flexibility index (Phi) is 7.37. The zero-order valence-electron chi connectivity index (χ0n) is 11.4. The number of nitrogens with zero attached hydrogens (tertiary/aromatic N) is 2. The summed E-state index contributed by atoms with van der Waals surface area (Å²) in [7, 11) is -0.135. The van der Waals surface area contributed by atoms with Crippen LogP contribution in [-0.4, -0.2) is 69.0 Å². The predicted octanol–water partition coefficient (Wildman–Crippen LogP) is -0.575. The van der Waals surface area contributed by atoms with Gasteiger partial charge in [0.15, 0.2) is 0 Å². The third-order valence-corrected chi connectivity index (χ3v) is 3.65. The van der Waals surface area contributed by atoms with Crippen LogP contribution in [0.5, 0.6) is 0 Å². The fourth-order valence-corrected chi connectivity index (χ4v) is 2.44. The zero-order valence-corrected chi connectivity index (χ0v) is 12.2. The van der Waals surface area contributed by atoms with Crippen molar-refractivity contribution in [2.75, 3.05) is 40.3 Å². The summed E-state index contributed by atoms with van der Waals surface area (Å²) in [5.74, 6) is -0.996. The van der Waals surface area contributed by atoms with E-state index in [1.807, 2.05) is 13.8 Å². The molecule has 0 aromatic rings. The van der Waals surface area contributed by atoms with Crippen LogP contribution in [0.15, 0.2) is 0 Å². The van der Waals surface area contributed by atoms with Crippen molar-refractivity contribution >= 4 is 16.2 Å². The summed E-state index contributed by atoms with van der Waals surface area (Å²) < 4.78 is 27.2. The van der Waals surface area contributed by atoms with E-state index >= 15 is 0 Å². The van der Waals surface area contributed by atoms with Gasteiger partial charge in [0.05, 0.1) is 0 Å². The Morgan fingerprint density at radius 1 is 1.28 bits per heavy atom. The SMILES string of the molecule is CC(C)CNS(=O)(=O)N(CCN(C)C)CC(=O)O. The minimum absolute atomic E-state index is 0.146. The Labute approximate surface area is 109 Å². The van der Waals surface area contributed by atoms with E-state index in [9.17, 15) is 13.2 Å². The smallest absolute Gasteiger partial charge is 0.318 e. The summed E-state index contributed by atoms with van der Waals surface area (Å²) in [6.45, 7) is 4.14. The molecule has 0 saturated heterocycles. The van der Waals surface area contributed by atoms with Crippen LogP contribution in [0.2, 0.25) is 0 Å². The van der Waals surface area contributed by atoms with Crippen LogP contribution in [0.4, 0.5) is 0 Å². The Hall–Kier alpha value is -0.700. The minimum Gasteiger partial charge on any atom is -0.480 e. The summed E-state index contributed by atoms with van der Waals surface area (Å²) in [5.41, 5.74) is 0. The molecule has 0 unspecified atom stereocenters. The van der Waals surface area contributed by atoms with Crippen LogP contribution in [0.1, 0.15) is 13.8 Å². The van der Waals surface area contributed by atoms with Crippen molar-refractivity contribution in [2.45, 2.75) is 13.8 Å². The van der Waals surface area contributed by atoms with Gasteiger partial charge in [0.2, 0.25) is 0 Å². The Balaban J connectivity index is 4.65. The molecule has 0 aromatic heterocycles. The number of nitrogens with one attached hydrogen (secondary N) is 1. The lowest BCUT2D eigenvalue weighted by atomic mass is 10.2. The van der Waals surface area contributed by atoms with Gasteiger partial charge in [-0.3, -0.25) is 4.79 Å². The second-order valence-electron chi connectivity index (χ2n) is 4.78. The van der Waals surface area contributed by atoms with Crippen molar-refractivity contribution in [1.29, 1.82) is 0 Å². The standard InChI is InChI=1S/C10H23N3O4S/c1-9(2)7-11-18(16,17)13(8-10(14)15)6-5-12(3)4/h9,11H,5-8H2,1-4H3,(H,14,15). The maximum atomic E-state index is 11.9. The molecular weight excluding hydrogens is 258 g/mol. The van der Waals surface area contributed by atoms with Crippen LogP contribution in [0.25, 0.3) is 0 Å². The Bertz CT molecular complexity index is 354. The normalized spacial score (nSPS) is 12.6. The van der Waals surface area contributed by atoms with E-state index in [0.29, 0.717) is 13.1 Å². The molecule has 18 heavy (non-hydrogen) atoms. The van der Waals surface area contributed by atoms with Gasteiger partial charge in [0, 0.05) is 19.6 Å². The largest absolute Gasteiger partial charge is 0.480 e. The van der Waals surface area contributed by atoms with Crippen LogP contribution >= 0.6 is 0 Å². The molecule has 0 saturated carbocycles. The fraction of sp³-hybridized carbons (Fsp3) is 0.900. The average molecular weight is 281 g/mol. The first-order valence-electron chi connectivity index (χ1n) is 5.76. The van der Waals surface area contributed by atoms with Crippen molar-refractivity contribution in [3.63, 3.8) is 0 Å². The van der Waals surface area contributed by atoms with E-state index in [4.69, 9.17) is 5.11 Å². The van der Waals surface area contributed by atoms with E-state index in [-0.39, 0.29) is 12.5 Å². The molecule has 8 heteroatoms. The van der Waals surface area contributed by atoms with Gasteiger partial charge >= 0.3 is 5.97 Å². The minimum atomic E-state index is -3.73. The highest BCUT2D eigenvalue weighted by Gasteiger charge is 2.24. The van der Waals surface area contributed by atoms with Crippen molar-refractivity contribution in [3.05, 3.63) is 0 Å². The Morgan fingerprint density at radius 2 is 1.83 bits per heavy atom. The maximum Gasteiger partial charge on any atom is 0.318 e. The number of rotatable bonds is 9. The highest BCUT2D eigenvalue weighted by Crippen LogP contribution is 2.00. The number of hydrogen-bond acceptors (Lipinski definition) is 4. The van der Waals surface area contributed by atoms with Gasteiger partial charge in [-0.2, -0.15) is 12.7 Å². The monoisotopic (exact) mass is 281 g/mol. The van der Waals surface area contributed by atoms with Gasteiger partial charge in [-0.15, -0.1) is 0 Å². The quantitative estimate of drug-likeness (QED) is 0.590. The van der Waals surface area contributed by atoms with Crippen LogP contribution in [0.3, 0.4) is 0 Å². The van der Waals surface area contributed by atoms with Crippen LogP contribution in [0, 0.1) is 5.92 Å². The average Bonchev–Trinajstić information content (AvgIpc) is 2.20. The molecule has 0 spiro atoms. The molecule has 0 heterocycles. The van der Waals surface area contributed by atoms with Crippen LogP contribution in [-0.2, 0) is 15.0 Å². The topological polar surface area (TPSA) is 90.0 Å². The lowest BCUT2D eigenvalue weighted by Crippen LogP contribution is -2.46. The molecule has 2 N–H and O–H groups in total. The molecular formula is C10H23N3O4S. The number of likely N-dealkylation sites (N-methyl/N-ethyl adjacent to an activating group) is 1. The van der Waals surface area contributed by atoms with Gasteiger partial charge in [0.1, 0.15) is 6.54 Å². The number of aliphatic carboxylic acids is 1. The lowest BCUT2D eigenvalue weighted by molar-refractivity contribution is -0.137. The van der Waals surface area contributed by atoms with E-state index in [0.717, 1.165) is 4.31 Å². The summed E-state index contributed by atoms with van der Waals surface area (Å²) >= 11 is 0. The van der Waals surface area contributed by atoms with E-state index in [1.54, 1.807) is 19.0 Å². The highest BCUT2D eigenvalue weighted by molar-refractivity contribution is 7.87. The first kappa shape index (κ1) is 17.3. The molecule has 0 bridgehead atoms. The number of carboxylic acid groups (broad SMARTS) is 1. The number of carboxylic acids is 1. The maximum absolute atomic E-state index is 11.9. The van der Waals surface area contributed by atoms with Gasteiger partial charge in [0.25, 0.3) is 10.2 Å². The van der Waals surface area contributed by atoms with Crippen molar-refractivity contribution in [2.24, 2.45) is 5.92 Å². The van der Waals surface area contributed by atoms with E-state index in [2.05, 4.69) is 4.72 Å². The Morgan fingerprint density at radius 3 is 2.22 bits per heavy atom. The molecule has 0 fully saturated rings. The lowest BCUT2D eigenvalue weighted by Gasteiger charge is -2.22. The van der Waals surface area contributed by atoms with Gasteiger partial charge in [-0.05, 0) is 20.0 Å². The third kappa shape index (κ3) is 7.59. The van der Waals surface area contributed by atoms with Crippen molar-refractivity contribution < 1.29 is 18.3 Å². The van der Waals surface area contributed by atoms with Crippen LogP contribution < -0.4 is 4.72 Å². The molecule has 0 atom stereocenters. The second-order valence-corrected chi connectivity index (χ2v) is 6.53. The number of hydrogen-bond donors (Lipinski definition) is 2. The first-order valence-corrected chi connectivity index (χ1v) is 7.20. The van der Waals surface area contributed by atoms with Crippen molar-refractivity contribution in [1.82, 2.24) is 13.9 Å².